The number of hydrogen-bond donors (Lipinski definition) is 0. The normalized spacial score (nSPS) is 14.8. The first kappa shape index (κ1) is 18.6. The maximum absolute atomic E-state index is 12.9. The second-order valence-electron chi connectivity index (χ2n) is 7.10. The summed E-state index contributed by atoms with van der Waals surface area (Å²) in [6.07, 6.45) is 1.69. The summed E-state index contributed by atoms with van der Waals surface area (Å²) in [7, 11) is 0. The average molecular weight is 393 g/mol. The highest BCUT2D eigenvalue weighted by Gasteiger charge is 2.23. The predicted octanol–water partition coefficient (Wildman–Crippen LogP) is 3.79. The standard InChI is InChI=1S/C22H24N4OS/c1-17-8-5-6-11-19(17)21(27)25-12-7-13-26(15-14-25)22-23-20(24-28-22)16-18-9-3-2-4-10-18/h2-6,8-11H,7,12-16H2,1H3. The molecule has 0 spiro atoms. The van der Waals surface area contributed by atoms with Crippen molar-refractivity contribution in [3.8, 4) is 0 Å². The van der Waals surface area contributed by atoms with E-state index >= 15 is 0 Å². The van der Waals surface area contributed by atoms with Crippen LogP contribution in [0.25, 0.3) is 0 Å². The Morgan fingerprint density at radius 2 is 1.79 bits per heavy atom. The van der Waals surface area contributed by atoms with Crippen molar-refractivity contribution in [3.63, 3.8) is 0 Å². The van der Waals surface area contributed by atoms with Gasteiger partial charge in [-0.2, -0.15) is 4.37 Å². The van der Waals surface area contributed by atoms with Crippen LogP contribution in [0, 0.1) is 6.92 Å². The van der Waals surface area contributed by atoms with Crippen LogP contribution in [0.2, 0.25) is 0 Å². The second kappa shape index (κ2) is 8.52. The van der Waals surface area contributed by atoms with Crippen LogP contribution in [0.4, 0.5) is 5.13 Å². The van der Waals surface area contributed by atoms with Crippen molar-refractivity contribution in [2.75, 3.05) is 31.1 Å². The Morgan fingerprint density at radius 3 is 2.61 bits per heavy atom. The molecule has 28 heavy (non-hydrogen) atoms. The van der Waals surface area contributed by atoms with Crippen molar-refractivity contribution >= 4 is 22.6 Å². The van der Waals surface area contributed by atoms with Crippen LogP contribution in [-0.2, 0) is 6.42 Å². The van der Waals surface area contributed by atoms with Gasteiger partial charge >= 0.3 is 0 Å². The highest BCUT2D eigenvalue weighted by Crippen LogP contribution is 2.21. The molecule has 0 saturated carbocycles. The molecule has 1 aliphatic rings. The van der Waals surface area contributed by atoms with Crippen molar-refractivity contribution in [3.05, 3.63) is 77.1 Å². The SMILES string of the molecule is Cc1ccccc1C(=O)N1CCCN(c2nc(Cc3ccccc3)ns2)CC1. The number of aromatic nitrogens is 2. The van der Waals surface area contributed by atoms with Crippen LogP contribution in [0.1, 0.15) is 33.7 Å². The fourth-order valence-corrected chi connectivity index (χ4v) is 4.26. The van der Waals surface area contributed by atoms with E-state index in [0.29, 0.717) is 6.54 Å². The van der Waals surface area contributed by atoms with Crippen LogP contribution >= 0.6 is 11.5 Å². The summed E-state index contributed by atoms with van der Waals surface area (Å²) in [5, 5.41) is 0.955. The summed E-state index contributed by atoms with van der Waals surface area (Å²) < 4.78 is 4.54. The summed E-state index contributed by atoms with van der Waals surface area (Å²) in [4.78, 5) is 21.9. The van der Waals surface area contributed by atoms with E-state index in [1.165, 1.54) is 17.1 Å². The van der Waals surface area contributed by atoms with E-state index in [-0.39, 0.29) is 5.91 Å². The first-order valence-electron chi connectivity index (χ1n) is 9.67. The zero-order chi connectivity index (χ0) is 19.3. The molecule has 1 aliphatic heterocycles. The van der Waals surface area contributed by atoms with E-state index in [1.54, 1.807) is 0 Å². The van der Waals surface area contributed by atoms with Gasteiger partial charge in [0.15, 0.2) is 0 Å². The van der Waals surface area contributed by atoms with E-state index in [9.17, 15) is 4.79 Å². The molecule has 5 nitrogen and oxygen atoms in total. The lowest BCUT2D eigenvalue weighted by molar-refractivity contribution is 0.0766. The largest absolute Gasteiger partial charge is 0.345 e. The minimum Gasteiger partial charge on any atom is -0.345 e. The summed E-state index contributed by atoms with van der Waals surface area (Å²) in [5.74, 6) is 0.991. The molecule has 1 fully saturated rings. The van der Waals surface area contributed by atoms with Crippen molar-refractivity contribution in [2.24, 2.45) is 0 Å². The van der Waals surface area contributed by atoms with E-state index in [2.05, 4.69) is 21.4 Å². The van der Waals surface area contributed by atoms with Gasteiger partial charge < -0.3 is 9.80 Å². The van der Waals surface area contributed by atoms with Gasteiger partial charge in [0.2, 0.25) is 5.13 Å². The molecule has 2 heterocycles. The van der Waals surface area contributed by atoms with Gasteiger partial charge in [-0.1, -0.05) is 48.5 Å². The Kier molecular flexibility index (Phi) is 5.67. The Bertz CT molecular complexity index is 940. The van der Waals surface area contributed by atoms with Gasteiger partial charge in [-0.3, -0.25) is 4.79 Å². The van der Waals surface area contributed by atoms with E-state index in [4.69, 9.17) is 4.98 Å². The van der Waals surface area contributed by atoms with Crippen molar-refractivity contribution in [2.45, 2.75) is 19.8 Å². The Morgan fingerprint density at radius 1 is 1.00 bits per heavy atom. The molecule has 2 aromatic carbocycles. The third kappa shape index (κ3) is 4.22. The van der Waals surface area contributed by atoms with Crippen molar-refractivity contribution in [1.82, 2.24) is 14.3 Å². The highest BCUT2D eigenvalue weighted by molar-refractivity contribution is 7.09. The number of hydrogen-bond acceptors (Lipinski definition) is 5. The Balaban J connectivity index is 1.40. The minimum absolute atomic E-state index is 0.127. The fourth-order valence-electron chi connectivity index (χ4n) is 3.52. The van der Waals surface area contributed by atoms with Gasteiger partial charge in [-0.05, 0) is 30.5 Å². The van der Waals surface area contributed by atoms with Crippen LogP contribution in [0.5, 0.6) is 0 Å². The van der Waals surface area contributed by atoms with Gasteiger partial charge in [0.25, 0.3) is 5.91 Å². The predicted molar refractivity (Wildman–Crippen MR) is 113 cm³/mol. The molecule has 0 bridgehead atoms. The van der Waals surface area contributed by atoms with Gasteiger partial charge in [0.05, 0.1) is 0 Å². The monoisotopic (exact) mass is 392 g/mol. The molecule has 6 heteroatoms. The molecule has 3 aromatic rings. The number of anilines is 1. The second-order valence-corrected chi connectivity index (χ2v) is 7.83. The van der Waals surface area contributed by atoms with Gasteiger partial charge in [-0.25, -0.2) is 4.98 Å². The lowest BCUT2D eigenvalue weighted by Gasteiger charge is -2.22. The maximum atomic E-state index is 12.9. The molecule has 1 aromatic heterocycles. The van der Waals surface area contributed by atoms with E-state index in [0.717, 1.165) is 54.6 Å². The fraction of sp³-hybridized carbons (Fsp3) is 0.318. The molecular weight excluding hydrogens is 368 g/mol. The number of carbonyl (C=O) groups excluding carboxylic acids is 1. The third-order valence-electron chi connectivity index (χ3n) is 5.09. The Labute approximate surface area is 169 Å². The van der Waals surface area contributed by atoms with E-state index in [1.807, 2.05) is 54.3 Å². The van der Waals surface area contributed by atoms with Crippen LogP contribution < -0.4 is 4.90 Å². The zero-order valence-electron chi connectivity index (χ0n) is 16.0. The zero-order valence-corrected chi connectivity index (χ0v) is 16.9. The lowest BCUT2D eigenvalue weighted by Crippen LogP contribution is -2.35. The number of nitrogens with zero attached hydrogens (tertiary/aromatic N) is 4. The first-order valence-corrected chi connectivity index (χ1v) is 10.4. The topological polar surface area (TPSA) is 49.3 Å². The van der Waals surface area contributed by atoms with Gasteiger partial charge in [0, 0.05) is 49.7 Å². The van der Waals surface area contributed by atoms with Crippen LogP contribution in [0.15, 0.2) is 54.6 Å². The molecule has 0 radical (unpaired) electrons. The quantitative estimate of drug-likeness (QED) is 0.678. The highest BCUT2D eigenvalue weighted by atomic mass is 32.1. The molecular formula is C22H24N4OS. The van der Waals surface area contributed by atoms with Crippen LogP contribution in [0.3, 0.4) is 0 Å². The first-order chi connectivity index (χ1) is 13.7. The minimum atomic E-state index is 0.127. The molecule has 0 atom stereocenters. The van der Waals surface area contributed by atoms with E-state index < -0.39 is 0 Å². The smallest absolute Gasteiger partial charge is 0.254 e. The molecule has 0 N–H and O–H groups in total. The number of rotatable bonds is 4. The number of benzene rings is 2. The molecule has 144 valence electrons. The summed E-state index contributed by atoms with van der Waals surface area (Å²) in [6, 6.07) is 18.1. The number of carbonyl (C=O) groups is 1. The molecule has 1 saturated heterocycles. The molecule has 4 rings (SSSR count). The third-order valence-corrected chi connectivity index (χ3v) is 5.91. The molecule has 0 unspecified atom stereocenters. The van der Waals surface area contributed by atoms with Crippen molar-refractivity contribution < 1.29 is 4.79 Å². The number of aryl methyl sites for hydroxylation is 1. The molecule has 0 aliphatic carbocycles. The number of amides is 1. The lowest BCUT2D eigenvalue weighted by atomic mass is 10.1. The van der Waals surface area contributed by atoms with Crippen LogP contribution in [-0.4, -0.2) is 46.3 Å². The van der Waals surface area contributed by atoms with Gasteiger partial charge in [-0.15, -0.1) is 0 Å². The Hall–Kier alpha value is -2.73. The van der Waals surface area contributed by atoms with Gasteiger partial charge in [0.1, 0.15) is 5.82 Å². The summed E-state index contributed by atoms with van der Waals surface area (Å²) >= 11 is 1.45. The average Bonchev–Trinajstić information content (AvgIpc) is 3.03. The van der Waals surface area contributed by atoms with Crippen molar-refractivity contribution in [1.29, 1.82) is 0 Å². The summed E-state index contributed by atoms with van der Waals surface area (Å²) in [5.41, 5.74) is 3.05. The maximum Gasteiger partial charge on any atom is 0.254 e. The summed E-state index contributed by atoms with van der Waals surface area (Å²) in [6.45, 7) is 5.17. The molecule has 1 amide bonds.